The lowest BCUT2D eigenvalue weighted by molar-refractivity contribution is -0.142. The van der Waals surface area contributed by atoms with Crippen molar-refractivity contribution in [2.75, 3.05) is 7.11 Å². The van der Waals surface area contributed by atoms with E-state index in [-0.39, 0.29) is 11.9 Å². The first-order valence-corrected chi connectivity index (χ1v) is 12.5. The zero-order chi connectivity index (χ0) is 26.6. The Morgan fingerprint density at radius 3 is 1.41 bits per heavy atom. The molecule has 0 amide bonds. The third-order valence-corrected chi connectivity index (χ3v) is 6.40. The molecule has 0 heterocycles. The highest BCUT2D eigenvalue weighted by atomic mass is 35.5. The molecule has 0 spiro atoms. The topological polar surface area (TPSA) is 63.6 Å². The zero-order valence-electron chi connectivity index (χ0n) is 20.4. The minimum Gasteiger partial charge on any atom is -0.481 e. The summed E-state index contributed by atoms with van der Waals surface area (Å²) in [6.07, 6.45) is 1.07. The number of carbonyl (C=O) groups excluding carboxylic acids is 1. The third-order valence-electron chi connectivity index (χ3n) is 5.89. The Kier molecular flexibility index (Phi) is 10.8. The van der Waals surface area contributed by atoms with Crippen molar-refractivity contribution in [1.82, 2.24) is 0 Å². The second-order valence-electron chi connectivity index (χ2n) is 8.45. The van der Waals surface area contributed by atoms with Crippen LogP contribution in [0.25, 0.3) is 0 Å². The molecule has 0 aromatic heterocycles. The van der Waals surface area contributed by atoms with Gasteiger partial charge in [0.05, 0.1) is 18.9 Å². The molecule has 4 nitrogen and oxygen atoms in total. The first kappa shape index (κ1) is 28.0. The molecular weight excluding hydrogens is 507 g/mol. The van der Waals surface area contributed by atoms with Gasteiger partial charge in [0.25, 0.3) is 0 Å². The van der Waals surface area contributed by atoms with Gasteiger partial charge in [0.15, 0.2) is 0 Å². The van der Waals surface area contributed by atoms with Gasteiger partial charge in [0.1, 0.15) is 0 Å². The number of carboxylic acid groups (broad SMARTS) is 1. The van der Waals surface area contributed by atoms with E-state index in [2.05, 4.69) is 0 Å². The second-order valence-corrected chi connectivity index (χ2v) is 9.32. The quantitative estimate of drug-likeness (QED) is 0.236. The number of methoxy groups -OCH3 is 1. The molecule has 0 aliphatic rings. The van der Waals surface area contributed by atoms with Crippen LogP contribution in [0.4, 0.5) is 0 Å². The highest BCUT2D eigenvalue weighted by Crippen LogP contribution is 2.24. The van der Waals surface area contributed by atoms with Crippen molar-refractivity contribution in [3.8, 4) is 0 Å². The molecule has 0 saturated carbocycles. The molecule has 0 aliphatic carbocycles. The molecule has 0 aliphatic heterocycles. The van der Waals surface area contributed by atoms with Crippen LogP contribution in [0.5, 0.6) is 0 Å². The van der Waals surface area contributed by atoms with Crippen molar-refractivity contribution in [3.05, 3.63) is 141 Å². The highest BCUT2D eigenvalue weighted by molar-refractivity contribution is 6.30. The van der Waals surface area contributed by atoms with Crippen LogP contribution in [-0.2, 0) is 27.2 Å². The number of carboxylic acids is 1. The number of ether oxygens (including phenoxy) is 1. The van der Waals surface area contributed by atoms with E-state index in [0.29, 0.717) is 22.9 Å². The van der Waals surface area contributed by atoms with Crippen LogP contribution in [0.15, 0.2) is 109 Å². The summed E-state index contributed by atoms with van der Waals surface area (Å²) in [7, 11) is 1.42. The number of benzene rings is 4. The Labute approximate surface area is 227 Å². The van der Waals surface area contributed by atoms with Gasteiger partial charge in [-0.15, -0.1) is 0 Å². The van der Waals surface area contributed by atoms with Crippen molar-refractivity contribution in [2.24, 2.45) is 0 Å². The fourth-order valence-electron chi connectivity index (χ4n) is 3.91. The van der Waals surface area contributed by atoms with E-state index in [9.17, 15) is 14.7 Å². The van der Waals surface area contributed by atoms with Gasteiger partial charge in [-0.3, -0.25) is 9.59 Å². The van der Waals surface area contributed by atoms with Crippen LogP contribution in [0, 0.1) is 0 Å². The van der Waals surface area contributed by atoms with Crippen LogP contribution in [0.1, 0.15) is 34.1 Å². The van der Waals surface area contributed by atoms with Crippen LogP contribution in [-0.4, -0.2) is 24.2 Å². The van der Waals surface area contributed by atoms with Gasteiger partial charge in [0.2, 0.25) is 0 Å². The molecule has 0 radical (unpaired) electrons. The molecule has 0 saturated heterocycles. The molecule has 2 unspecified atom stereocenters. The summed E-state index contributed by atoms with van der Waals surface area (Å²) >= 11 is 11.7. The molecule has 1 N–H and O–H groups in total. The Morgan fingerprint density at radius 2 is 1.03 bits per heavy atom. The predicted octanol–water partition coefficient (Wildman–Crippen LogP) is 7.59. The smallest absolute Gasteiger partial charge is 0.313 e. The van der Waals surface area contributed by atoms with E-state index in [1.807, 2.05) is 97.1 Å². The van der Waals surface area contributed by atoms with E-state index in [1.54, 1.807) is 12.1 Å². The Morgan fingerprint density at radius 1 is 0.649 bits per heavy atom. The summed E-state index contributed by atoms with van der Waals surface area (Å²) in [6, 6.07) is 33.7. The van der Waals surface area contributed by atoms with E-state index >= 15 is 0 Å². The van der Waals surface area contributed by atoms with Crippen molar-refractivity contribution < 1.29 is 19.4 Å². The number of hydrogen-bond donors (Lipinski definition) is 1. The summed E-state index contributed by atoms with van der Waals surface area (Å²) in [5.41, 5.74) is 3.81. The number of aliphatic carboxylic acids is 1. The molecule has 4 aromatic rings. The zero-order valence-corrected chi connectivity index (χ0v) is 21.9. The van der Waals surface area contributed by atoms with Gasteiger partial charge >= 0.3 is 11.9 Å². The van der Waals surface area contributed by atoms with Crippen molar-refractivity contribution in [3.63, 3.8) is 0 Å². The molecule has 190 valence electrons. The molecule has 37 heavy (non-hydrogen) atoms. The summed E-state index contributed by atoms with van der Waals surface area (Å²) in [4.78, 5) is 23.3. The highest BCUT2D eigenvalue weighted by Gasteiger charge is 2.22. The molecule has 0 bridgehead atoms. The van der Waals surface area contributed by atoms with Crippen LogP contribution in [0.2, 0.25) is 10.0 Å². The van der Waals surface area contributed by atoms with Gasteiger partial charge < -0.3 is 9.84 Å². The number of rotatable bonds is 8. The molecule has 4 aromatic carbocycles. The van der Waals surface area contributed by atoms with E-state index in [4.69, 9.17) is 27.9 Å². The number of carbonyl (C=O) groups is 2. The van der Waals surface area contributed by atoms with Gasteiger partial charge in [-0.2, -0.15) is 0 Å². The average Bonchev–Trinajstić information content (AvgIpc) is 2.93. The van der Waals surface area contributed by atoms with Gasteiger partial charge in [-0.1, -0.05) is 108 Å². The lowest BCUT2D eigenvalue weighted by Gasteiger charge is -2.15. The largest absolute Gasteiger partial charge is 0.481 e. The Balaban J connectivity index is 0.000000206. The minimum atomic E-state index is -0.809. The molecule has 6 heteroatoms. The maximum absolute atomic E-state index is 11.9. The normalized spacial score (nSPS) is 12.0. The second kappa shape index (κ2) is 14.2. The van der Waals surface area contributed by atoms with Gasteiger partial charge in [-0.25, -0.2) is 0 Å². The summed E-state index contributed by atoms with van der Waals surface area (Å²) < 4.78 is 4.90. The van der Waals surface area contributed by atoms with Crippen LogP contribution >= 0.6 is 23.2 Å². The van der Waals surface area contributed by atoms with E-state index < -0.39 is 11.9 Å². The third kappa shape index (κ3) is 8.78. The Bertz CT molecular complexity index is 1260. The molecule has 2 atom stereocenters. The summed E-state index contributed by atoms with van der Waals surface area (Å²) in [5, 5.41) is 10.7. The van der Waals surface area contributed by atoms with Gasteiger partial charge in [-0.05, 0) is 59.4 Å². The first-order chi connectivity index (χ1) is 17.9. The molecule has 4 rings (SSSR count). The molecule has 0 fully saturated rings. The van der Waals surface area contributed by atoms with Crippen LogP contribution in [0.3, 0.4) is 0 Å². The monoisotopic (exact) mass is 534 g/mol. The van der Waals surface area contributed by atoms with Crippen molar-refractivity contribution in [2.45, 2.75) is 24.7 Å². The fourth-order valence-corrected chi connectivity index (χ4v) is 4.16. The summed E-state index contributed by atoms with van der Waals surface area (Å²) in [5.74, 6) is -1.84. The van der Waals surface area contributed by atoms with Gasteiger partial charge in [0, 0.05) is 10.0 Å². The van der Waals surface area contributed by atoms with Crippen molar-refractivity contribution >= 4 is 35.1 Å². The van der Waals surface area contributed by atoms with E-state index in [1.165, 1.54) is 7.11 Å². The summed E-state index contributed by atoms with van der Waals surface area (Å²) in [6.45, 7) is 0. The SMILES string of the molecule is COC(=O)C(Cc1ccc(Cl)cc1)c1ccccc1.O=C(O)C(Cc1ccc(Cl)cc1)c1ccccc1. The van der Waals surface area contributed by atoms with Crippen LogP contribution < -0.4 is 0 Å². The fraction of sp³-hybridized carbons (Fsp3) is 0.161. The number of halogens is 2. The maximum atomic E-state index is 11.9. The first-order valence-electron chi connectivity index (χ1n) is 11.8. The molecular formula is C31H28Cl2O4. The minimum absolute atomic E-state index is 0.221. The van der Waals surface area contributed by atoms with E-state index in [0.717, 1.165) is 22.3 Å². The van der Waals surface area contributed by atoms with Crippen molar-refractivity contribution in [1.29, 1.82) is 0 Å². The predicted molar refractivity (Wildman–Crippen MR) is 148 cm³/mol. The number of esters is 1. The lowest BCUT2D eigenvalue weighted by Crippen LogP contribution is -2.16. The standard InChI is InChI=1S/C16H15ClO2.C15H13ClO2/c1-19-16(18)15(13-5-3-2-4-6-13)11-12-7-9-14(17)10-8-12;16-13-8-6-11(7-9-13)10-14(15(17)18)12-4-2-1-3-5-12/h2-10,15H,11H2,1H3;1-9,14H,10H2,(H,17,18). The lowest BCUT2D eigenvalue weighted by atomic mass is 9.92. The Hall–Kier alpha value is -3.60. The number of hydrogen-bond acceptors (Lipinski definition) is 3. The maximum Gasteiger partial charge on any atom is 0.313 e. The average molecular weight is 535 g/mol.